The van der Waals surface area contributed by atoms with Crippen molar-refractivity contribution in [2.75, 3.05) is 0 Å². The number of rotatable bonds is 6. The van der Waals surface area contributed by atoms with Crippen molar-refractivity contribution in [3.63, 3.8) is 0 Å². The van der Waals surface area contributed by atoms with Gasteiger partial charge in [-0.15, -0.1) is 0 Å². The summed E-state index contributed by atoms with van der Waals surface area (Å²) in [6, 6.07) is 0. The molecule has 4 heteroatoms. The molecular formula is C24H40O4. The van der Waals surface area contributed by atoms with Crippen LogP contribution in [0.15, 0.2) is 0 Å². The van der Waals surface area contributed by atoms with Gasteiger partial charge in [0, 0.05) is 0 Å². The van der Waals surface area contributed by atoms with E-state index in [0.717, 1.165) is 56.8 Å². The maximum absolute atomic E-state index is 12.6. The Bertz CT molecular complexity index is 495. The Kier molecular flexibility index (Phi) is 8.23. The Morgan fingerprint density at radius 1 is 0.750 bits per heavy atom. The molecule has 0 bridgehead atoms. The molecule has 1 unspecified atom stereocenters. The number of hydrogen-bond donors (Lipinski definition) is 0. The molecule has 4 nitrogen and oxygen atoms in total. The summed E-state index contributed by atoms with van der Waals surface area (Å²) in [6.07, 6.45) is 15.6. The van der Waals surface area contributed by atoms with Gasteiger partial charge in [-0.2, -0.15) is 0 Å². The lowest BCUT2D eigenvalue weighted by Crippen LogP contribution is -2.33. The molecular weight excluding hydrogens is 352 g/mol. The van der Waals surface area contributed by atoms with Gasteiger partial charge in [-0.3, -0.25) is 9.59 Å². The first-order valence-corrected chi connectivity index (χ1v) is 12.0. The van der Waals surface area contributed by atoms with Gasteiger partial charge in [0.2, 0.25) is 0 Å². The molecule has 160 valence electrons. The third-order valence-corrected chi connectivity index (χ3v) is 7.60. The van der Waals surface area contributed by atoms with Gasteiger partial charge >= 0.3 is 11.9 Å². The van der Waals surface area contributed by atoms with E-state index in [1.807, 2.05) is 13.8 Å². The highest BCUT2D eigenvalue weighted by Gasteiger charge is 2.34. The monoisotopic (exact) mass is 392 g/mol. The van der Waals surface area contributed by atoms with Crippen LogP contribution < -0.4 is 0 Å². The summed E-state index contributed by atoms with van der Waals surface area (Å²) >= 11 is 0. The molecule has 0 saturated heterocycles. The minimum atomic E-state index is -0.0813. The van der Waals surface area contributed by atoms with E-state index in [0.29, 0.717) is 0 Å². The maximum Gasteiger partial charge on any atom is 0.309 e. The minimum absolute atomic E-state index is 0.0149. The van der Waals surface area contributed by atoms with Gasteiger partial charge in [0.25, 0.3) is 0 Å². The van der Waals surface area contributed by atoms with E-state index in [4.69, 9.17) is 9.47 Å². The second kappa shape index (κ2) is 10.6. The number of ether oxygens (including phenoxy) is 2. The quantitative estimate of drug-likeness (QED) is 0.535. The molecule has 3 aliphatic rings. The molecule has 0 radical (unpaired) electrons. The first-order valence-electron chi connectivity index (χ1n) is 12.0. The second-order valence-corrected chi connectivity index (χ2v) is 9.58. The van der Waals surface area contributed by atoms with E-state index in [9.17, 15) is 9.59 Å². The lowest BCUT2D eigenvalue weighted by Gasteiger charge is -2.36. The van der Waals surface area contributed by atoms with Gasteiger partial charge in [0.1, 0.15) is 6.10 Å². The van der Waals surface area contributed by atoms with Crippen LogP contribution in [0.4, 0.5) is 0 Å². The number of carbonyl (C=O) groups excluding carboxylic acids is 2. The van der Waals surface area contributed by atoms with E-state index in [1.165, 1.54) is 44.9 Å². The van der Waals surface area contributed by atoms with E-state index in [1.54, 1.807) is 0 Å². The van der Waals surface area contributed by atoms with Crippen molar-refractivity contribution < 1.29 is 19.1 Å². The zero-order chi connectivity index (χ0) is 19.9. The highest BCUT2D eigenvalue weighted by Crippen LogP contribution is 2.39. The molecule has 3 aliphatic carbocycles. The van der Waals surface area contributed by atoms with Gasteiger partial charge in [-0.25, -0.2) is 0 Å². The molecule has 0 aromatic heterocycles. The average molecular weight is 393 g/mol. The molecule has 0 aromatic carbocycles. The smallest absolute Gasteiger partial charge is 0.309 e. The van der Waals surface area contributed by atoms with Crippen molar-refractivity contribution in [1.82, 2.24) is 0 Å². The predicted molar refractivity (Wildman–Crippen MR) is 110 cm³/mol. The molecule has 1 atom stereocenters. The van der Waals surface area contributed by atoms with Gasteiger partial charge in [0.05, 0.1) is 17.9 Å². The Hall–Kier alpha value is -1.06. The van der Waals surface area contributed by atoms with E-state index in [2.05, 4.69) is 0 Å². The number of carbonyl (C=O) groups is 2. The summed E-state index contributed by atoms with van der Waals surface area (Å²) in [7, 11) is 0. The summed E-state index contributed by atoms with van der Waals surface area (Å²) < 4.78 is 11.4. The zero-order valence-corrected chi connectivity index (χ0v) is 18.0. The van der Waals surface area contributed by atoms with Gasteiger partial charge < -0.3 is 9.47 Å². The highest BCUT2D eigenvalue weighted by atomic mass is 16.5. The van der Waals surface area contributed by atoms with Crippen molar-refractivity contribution in [3.8, 4) is 0 Å². The molecule has 3 saturated carbocycles. The molecule has 0 spiro atoms. The van der Waals surface area contributed by atoms with Crippen LogP contribution in [-0.4, -0.2) is 24.1 Å². The number of hydrogen-bond acceptors (Lipinski definition) is 4. The minimum Gasteiger partial charge on any atom is -0.462 e. The van der Waals surface area contributed by atoms with Crippen molar-refractivity contribution >= 4 is 11.9 Å². The van der Waals surface area contributed by atoms with Crippen LogP contribution >= 0.6 is 0 Å². The molecule has 0 N–H and O–H groups in total. The van der Waals surface area contributed by atoms with E-state index < -0.39 is 0 Å². The summed E-state index contributed by atoms with van der Waals surface area (Å²) in [4.78, 5) is 24.8. The summed E-state index contributed by atoms with van der Waals surface area (Å²) in [5.41, 5.74) is 0. The third kappa shape index (κ3) is 5.97. The van der Waals surface area contributed by atoms with E-state index >= 15 is 0 Å². The Morgan fingerprint density at radius 3 is 1.86 bits per heavy atom. The van der Waals surface area contributed by atoms with Crippen LogP contribution in [-0.2, 0) is 19.1 Å². The van der Waals surface area contributed by atoms with Crippen molar-refractivity contribution in [3.05, 3.63) is 0 Å². The first kappa shape index (κ1) is 21.6. The van der Waals surface area contributed by atoms with Crippen molar-refractivity contribution in [1.29, 1.82) is 0 Å². The van der Waals surface area contributed by atoms with Gasteiger partial charge in [-0.1, -0.05) is 39.0 Å². The standard InChI is InChI=1S/C24H40O4/c1-3-17(2)27-23(25)20-9-11-21(12-10-20)24(26)28-22-15-13-19(14-16-22)18-7-5-4-6-8-18/h17-22H,3-16H2,1-2H3. The van der Waals surface area contributed by atoms with Crippen molar-refractivity contribution in [2.45, 2.75) is 116 Å². The lowest BCUT2D eigenvalue weighted by atomic mass is 9.73. The second-order valence-electron chi connectivity index (χ2n) is 9.58. The topological polar surface area (TPSA) is 52.6 Å². The van der Waals surface area contributed by atoms with Gasteiger partial charge in [0.15, 0.2) is 0 Å². The summed E-state index contributed by atoms with van der Waals surface area (Å²) in [5, 5.41) is 0. The van der Waals surface area contributed by atoms with Crippen LogP contribution in [0.1, 0.15) is 104 Å². The summed E-state index contributed by atoms with van der Waals surface area (Å²) in [6.45, 7) is 3.96. The van der Waals surface area contributed by atoms with Crippen LogP contribution in [0.3, 0.4) is 0 Å². The molecule has 0 aliphatic heterocycles. The van der Waals surface area contributed by atoms with E-state index in [-0.39, 0.29) is 36.0 Å². The average Bonchev–Trinajstić information content (AvgIpc) is 2.75. The molecule has 3 rings (SSSR count). The largest absolute Gasteiger partial charge is 0.462 e. The first-order chi connectivity index (χ1) is 13.6. The Labute approximate surface area is 171 Å². The highest BCUT2D eigenvalue weighted by molar-refractivity contribution is 5.75. The molecule has 0 heterocycles. The SMILES string of the molecule is CCC(C)OC(=O)C1CCC(C(=O)OC2CCC(C3CCCCC3)CC2)CC1. The van der Waals surface area contributed by atoms with Gasteiger partial charge in [-0.05, 0) is 76.5 Å². The number of esters is 2. The Morgan fingerprint density at radius 2 is 1.29 bits per heavy atom. The fraction of sp³-hybridized carbons (Fsp3) is 0.917. The van der Waals surface area contributed by atoms with Crippen LogP contribution in [0, 0.1) is 23.7 Å². The van der Waals surface area contributed by atoms with Crippen molar-refractivity contribution in [2.24, 2.45) is 23.7 Å². The maximum atomic E-state index is 12.6. The molecule has 3 fully saturated rings. The Balaban J connectivity index is 1.35. The lowest BCUT2D eigenvalue weighted by molar-refractivity contribution is -0.161. The summed E-state index contributed by atoms with van der Waals surface area (Å²) in [5.74, 6) is 1.63. The molecule has 28 heavy (non-hydrogen) atoms. The van der Waals surface area contributed by atoms with Crippen LogP contribution in [0.25, 0.3) is 0 Å². The molecule has 0 amide bonds. The van der Waals surface area contributed by atoms with Crippen LogP contribution in [0.2, 0.25) is 0 Å². The fourth-order valence-corrected chi connectivity index (χ4v) is 5.49. The predicted octanol–water partition coefficient (Wildman–Crippen LogP) is 5.82. The zero-order valence-electron chi connectivity index (χ0n) is 18.0. The molecule has 0 aromatic rings. The normalized spacial score (nSPS) is 33.1. The third-order valence-electron chi connectivity index (χ3n) is 7.60. The fourth-order valence-electron chi connectivity index (χ4n) is 5.49. The van der Waals surface area contributed by atoms with Crippen LogP contribution in [0.5, 0.6) is 0 Å².